The van der Waals surface area contributed by atoms with Crippen LogP contribution >= 0.6 is 0 Å². The van der Waals surface area contributed by atoms with Crippen LogP contribution in [0.3, 0.4) is 0 Å². The first-order valence-electron chi connectivity index (χ1n) is 6.36. The van der Waals surface area contributed by atoms with Crippen molar-refractivity contribution in [1.82, 2.24) is 0 Å². The van der Waals surface area contributed by atoms with Gasteiger partial charge < -0.3 is 14.6 Å². The zero-order chi connectivity index (χ0) is 15.7. The molecule has 112 valence electrons. The SMILES string of the molecule is CCOC(=O)C(/C=N/C(=O)OCc1ccccc1)=C(/C)O. The van der Waals surface area contributed by atoms with Gasteiger partial charge in [0, 0.05) is 0 Å². The van der Waals surface area contributed by atoms with Gasteiger partial charge in [-0.25, -0.2) is 9.59 Å². The lowest BCUT2D eigenvalue weighted by Gasteiger charge is -2.03. The molecule has 0 saturated heterocycles. The average Bonchev–Trinajstić information content (AvgIpc) is 2.46. The van der Waals surface area contributed by atoms with Gasteiger partial charge in [0.15, 0.2) is 0 Å². The van der Waals surface area contributed by atoms with E-state index in [0.717, 1.165) is 11.8 Å². The van der Waals surface area contributed by atoms with Gasteiger partial charge in [-0.05, 0) is 19.4 Å². The van der Waals surface area contributed by atoms with E-state index in [4.69, 9.17) is 9.47 Å². The van der Waals surface area contributed by atoms with Crippen molar-refractivity contribution in [2.75, 3.05) is 6.61 Å². The molecule has 0 aromatic heterocycles. The number of aliphatic hydroxyl groups excluding tert-OH is 1. The summed E-state index contributed by atoms with van der Waals surface area (Å²) >= 11 is 0. The minimum atomic E-state index is -0.859. The summed E-state index contributed by atoms with van der Waals surface area (Å²) in [5.41, 5.74) is 0.633. The number of hydrogen-bond donors (Lipinski definition) is 1. The summed E-state index contributed by atoms with van der Waals surface area (Å²) in [4.78, 5) is 26.4. The van der Waals surface area contributed by atoms with Gasteiger partial charge in [0.2, 0.25) is 0 Å². The molecule has 1 amide bonds. The van der Waals surface area contributed by atoms with Crippen LogP contribution in [-0.2, 0) is 20.9 Å². The molecule has 0 aliphatic rings. The third-order valence-corrected chi connectivity index (χ3v) is 2.39. The van der Waals surface area contributed by atoms with Gasteiger partial charge in [0.1, 0.15) is 17.9 Å². The van der Waals surface area contributed by atoms with E-state index in [1.165, 1.54) is 6.92 Å². The second kappa shape index (κ2) is 8.52. The Morgan fingerprint density at radius 3 is 2.48 bits per heavy atom. The molecular formula is C15H17NO5. The van der Waals surface area contributed by atoms with Gasteiger partial charge in [-0.3, -0.25) is 0 Å². The van der Waals surface area contributed by atoms with Crippen LogP contribution in [0, 0.1) is 0 Å². The maximum absolute atomic E-state index is 11.5. The molecule has 21 heavy (non-hydrogen) atoms. The summed E-state index contributed by atoms with van der Waals surface area (Å²) in [7, 11) is 0. The van der Waals surface area contributed by atoms with Gasteiger partial charge in [-0.15, -0.1) is 0 Å². The molecule has 0 saturated carbocycles. The Labute approximate surface area is 122 Å². The van der Waals surface area contributed by atoms with Crippen molar-refractivity contribution in [1.29, 1.82) is 0 Å². The van der Waals surface area contributed by atoms with E-state index in [-0.39, 0.29) is 24.5 Å². The Morgan fingerprint density at radius 2 is 1.90 bits per heavy atom. The van der Waals surface area contributed by atoms with E-state index < -0.39 is 12.1 Å². The molecule has 1 rings (SSSR count). The minimum Gasteiger partial charge on any atom is -0.512 e. The lowest BCUT2D eigenvalue weighted by atomic mass is 10.2. The highest BCUT2D eigenvalue weighted by Crippen LogP contribution is 2.04. The fraction of sp³-hybridized carbons (Fsp3) is 0.267. The van der Waals surface area contributed by atoms with E-state index in [1.54, 1.807) is 19.1 Å². The smallest absolute Gasteiger partial charge is 0.433 e. The Kier molecular flexibility index (Phi) is 6.67. The lowest BCUT2D eigenvalue weighted by Crippen LogP contribution is -2.11. The van der Waals surface area contributed by atoms with E-state index >= 15 is 0 Å². The van der Waals surface area contributed by atoms with Crippen LogP contribution < -0.4 is 0 Å². The molecule has 1 aromatic rings. The predicted molar refractivity (Wildman–Crippen MR) is 77.1 cm³/mol. The molecule has 0 radical (unpaired) electrons. The van der Waals surface area contributed by atoms with E-state index in [1.807, 2.05) is 18.2 Å². The van der Waals surface area contributed by atoms with Gasteiger partial charge >= 0.3 is 12.1 Å². The maximum Gasteiger partial charge on any atom is 0.433 e. The van der Waals surface area contributed by atoms with E-state index in [0.29, 0.717) is 0 Å². The summed E-state index contributed by atoms with van der Waals surface area (Å²) < 4.78 is 9.63. The van der Waals surface area contributed by atoms with Crippen molar-refractivity contribution in [3.05, 3.63) is 47.2 Å². The van der Waals surface area contributed by atoms with Crippen LogP contribution in [-0.4, -0.2) is 30.0 Å². The molecule has 0 unspecified atom stereocenters. The van der Waals surface area contributed by atoms with Gasteiger partial charge in [0.05, 0.1) is 12.8 Å². The van der Waals surface area contributed by atoms with Crippen molar-refractivity contribution in [3.8, 4) is 0 Å². The summed E-state index contributed by atoms with van der Waals surface area (Å²) in [6, 6.07) is 9.11. The zero-order valence-corrected chi connectivity index (χ0v) is 11.9. The molecule has 0 atom stereocenters. The summed E-state index contributed by atoms with van der Waals surface area (Å²) in [6.07, 6.45) is 0.0719. The number of aliphatic imine (C=N–C) groups is 1. The molecule has 0 fully saturated rings. The van der Waals surface area contributed by atoms with Crippen LogP contribution in [0.15, 0.2) is 46.7 Å². The number of hydrogen-bond acceptors (Lipinski definition) is 5. The van der Waals surface area contributed by atoms with E-state index in [2.05, 4.69) is 4.99 Å². The second-order valence-electron chi connectivity index (χ2n) is 4.02. The number of rotatable bonds is 5. The van der Waals surface area contributed by atoms with Crippen molar-refractivity contribution in [2.24, 2.45) is 4.99 Å². The first kappa shape index (κ1) is 16.4. The average molecular weight is 291 g/mol. The fourth-order valence-electron chi connectivity index (χ4n) is 1.38. The van der Waals surface area contributed by atoms with Crippen LogP contribution in [0.5, 0.6) is 0 Å². The number of aliphatic hydroxyl groups is 1. The molecule has 1 aromatic carbocycles. The van der Waals surface area contributed by atoms with Gasteiger partial charge in [-0.1, -0.05) is 30.3 Å². The molecule has 0 spiro atoms. The van der Waals surface area contributed by atoms with Gasteiger partial charge in [0.25, 0.3) is 0 Å². The highest BCUT2D eigenvalue weighted by molar-refractivity contribution is 6.11. The maximum atomic E-state index is 11.5. The minimum absolute atomic E-state index is 0.0770. The Balaban J connectivity index is 2.59. The molecule has 0 aliphatic heterocycles. The topological polar surface area (TPSA) is 85.2 Å². The highest BCUT2D eigenvalue weighted by atomic mass is 16.5. The molecule has 0 bridgehead atoms. The molecule has 6 nitrogen and oxygen atoms in total. The summed E-state index contributed by atoms with van der Waals surface area (Å²) in [6.45, 7) is 3.16. The number of ether oxygens (including phenoxy) is 2. The number of nitrogens with zero attached hydrogens (tertiary/aromatic N) is 1. The van der Waals surface area contributed by atoms with Crippen molar-refractivity contribution in [2.45, 2.75) is 20.5 Å². The van der Waals surface area contributed by atoms with Crippen LogP contribution in [0.4, 0.5) is 4.79 Å². The highest BCUT2D eigenvalue weighted by Gasteiger charge is 2.12. The summed E-state index contributed by atoms with van der Waals surface area (Å²) in [5.74, 6) is -1.04. The molecule has 6 heteroatoms. The van der Waals surface area contributed by atoms with Crippen molar-refractivity contribution >= 4 is 18.3 Å². The van der Waals surface area contributed by atoms with E-state index in [9.17, 15) is 14.7 Å². The Hall–Kier alpha value is -2.63. The van der Waals surface area contributed by atoms with Crippen molar-refractivity contribution < 1.29 is 24.2 Å². The number of benzene rings is 1. The van der Waals surface area contributed by atoms with Crippen LogP contribution in [0.2, 0.25) is 0 Å². The third kappa shape index (κ3) is 5.90. The third-order valence-electron chi connectivity index (χ3n) is 2.39. The van der Waals surface area contributed by atoms with Crippen LogP contribution in [0.25, 0.3) is 0 Å². The largest absolute Gasteiger partial charge is 0.512 e. The van der Waals surface area contributed by atoms with Gasteiger partial charge in [-0.2, -0.15) is 4.99 Å². The number of carbonyl (C=O) groups excluding carboxylic acids is 2. The summed E-state index contributed by atoms with van der Waals surface area (Å²) in [5, 5.41) is 9.37. The Bertz CT molecular complexity index is 544. The Morgan fingerprint density at radius 1 is 1.24 bits per heavy atom. The number of allylic oxidation sites excluding steroid dienone is 1. The molecule has 0 aliphatic carbocycles. The number of amides is 1. The standard InChI is InChI=1S/C15H17NO5/c1-3-20-14(18)13(11(2)17)9-16-15(19)21-10-12-7-5-4-6-8-12/h4-9,17H,3,10H2,1-2H3/b13-11-,16-9+. The zero-order valence-electron chi connectivity index (χ0n) is 11.9. The first-order chi connectivity index (χ1) is 10.0. The van der Waals surface area contributed by atoms with Crippen LogP contribution in [0.1, 0.15) is 19.4 Å². The monoisotopic (exact) mass is 291 g/mol. The lowest BCUT2D eigenvalue weighted by molar-refractivity contribution is -0.138. The normalized spacial score (nSPS) is 11.9. The first-order valence-corrected chi connectivity index (χ1v) is 6.36. The number of carbonyl (C=O) groups is 2. The molecule has 0 heterocycles. The van der Waals surface area contributed by atoms with Crippen molar-refractivity contribution in [3.63, 3.8) is 0 Å². The molecule has 1 N–H and O–H groups in total. The number of esters is 1. The second-order valence-corrected chi connectivity index (χ2v) is 4.02. The fourth-order valence-corrected chi connectivity index (χ4v) is 1.38. The quantitative estimate of drug-likeness (QED) is 0.390. The molecular weight excluding hydrogens is 274 g/mol. The predicted octanol–water partition coefficient (Wildman–Crippen LogP) is 2.79.